The number of amides is 1. The third-order valence-electron chi connectivity index (χ3n) is 5.04. The molecule has 0 aromatic heterocycles. The van der Waals surface area contributed by atoms with Crippen LogP contribution in [-0.2, 0) is 4.79 Å². The summed E-state index contributed by atoms with van der Waals surface area (Å²) >= 11 is 5.97. The molecule has 4 nitrogen and oxygen atoms in total. The first-order valence-corrected chi connectivity index (χ1v) is 10.9. The van der Waals surface area contributed by atoms with Gasteiger partial charge in [0.05, 0.1) is 5.69 Å². The number of carbonyl (C=O) groups excluding carboxylic acids is 1. The summed E-state index contributed by atoms with van der Waals surface area (Å²) in [5.74, 6) is 1.63. The molecule has 0 aliphatic rings. The lowest BCUT2D eigenvalue weighted by atomic mass is 10.0. The van der Waals surface area contributed by atoms with Crippen LogP contribution in [0.5, 0.6) is 11.5 Å². The molecule has 2 aromatic carbocycles. The maximum atomic E-state index is 11.6. The average molecular weight is 417 g/mol. The van der Waals surface area contributed by atoms with Gasteiger partial charge in [-0.2, -0.15) is 0 Å². The Morgan fingerprint density at radius 1 is 1.07 bits per heavy atom. The maximum absolute atomic E-state index is 11.6. The topological polar surface area (TPSA) is 41.6 Å². The van der Waals surface area contributed by atoms with Crippen molar-refractivity contribution in [1.82, 2.24) is 4.90 Å². The van der Waals surface area contributed by atoms with Crippen LogP contribution in [0.15, 0.2) is 48.5 Å². The van der Waals surface area contributed by atoms with Crippen LogP contribution in [-0.4, -0.2) is 30.4 Å². The molecule has 0 aliphatic heterocycles. The van der Waals surface area contributed by atoms with E-state index < -0.39 is 0 Å². The number of nitrogens with one attached hydrogen (secondary N) is 1. The highest BCUT2D eigenvalue weighted by Crippen LogP contribution is 2.31. The zero-order valence-electron chi connectivity index (χ0n) is 17.8. The minimum absolute atomic E-state index is 0.0983. The highest BCUT2D eigenvalue weighted by atomic mass is 35.5. The second-order valence-electron chi connectivity index (χ2n) is 7.47. The molecule has 1 amide bonds. The van der Waals surface area contributed by atoms with Crippen molar-refractivity contribution in [1.29, 1.82) is 0 Å². The minimum atomic E-state index is 0.0983. The van der Waals surface area contributed by atoms with Crippen LogP contribution in [0, 0.1) is 0 Å². The molecule has 2 aromatic rings. The van der Waals surface area contributed by atoms with E-state index in [1.807, 2.05) is 55.6 Å². The lowest BCUT2D eigenvalue weighted by Gasteiger charge is -2.24. The van der Waals surface area contributed by atoms with E-state index in [2.05, 4.69) is 12.2 Å². The van der Waals surface area contributed by atoms with E-state index in [9.17, 15) is 4.79 Å². The molecule has 0 fully saturated rings. The highest BCUT2D eigenvalue weighted by molar-refractivity contribution is 6.30. The van der Waals surface area contributed by atoms with Crippen LogP contribution < -0.4 is 10.1 Å². The van der Waals surface area contributed by atoms with Gasteiger partial charge in [-0.1, -0.05) is 56.3 Å². The first kappa shape index (κ1) is 23.1. The standard InChI is InChI=1S/C24H33ClN2O2/c1-4-5-6-7-10-21(17-18-27(3)19(2)28)26-23-11-8-9-12-24(23)29-22-15-13-20(25)14-16-22/h8-9,11-16,21,26H,4-7,10,17-18H2,1-3H3. The summed E-state index contributed by atoms with van der Waals surface area (Å²) < 4.78 is 6.09. The number of para-hydroxylation sites is 2. The average Bonchev–Trinajstić information content (AvgIpc) is 2.71. The Kier molecular flexibility index (Phi) is 9.85. The van der Waals surface area contributed by atoms with Crippen molar-refractivity contribution in [2.45, 2.75) is 58.4 Å². The van der Waals surface area contributed by atoms with Gasteiger partial charge in [-0.25, -0.2) is 0 Å². The number of hydrogen-bond donors (Lipinski definition) is 1. The van der Waals surface area contributed by atoms with E-state index in [0.29, 0.717) is 5.02 Å². The highest BCUT2D eigenvalue weighted by Gasteiger charge is 2.14. The van der Waals surface area contributed by atoms with Gasteiger partial charge < -0.3 is 15.0 Å². The van der Waals surface area contributed by atoms with Gasteiger partial charge in [0.1, 0.15) is 5.75 Å². The fourth-order valence-corrected chi connectivity index (χ4v) is 3.26. The van der Waals surface area contributed by atoms with Crippen LogP contribution in [0.2, 0.25) is 5.02 Å². The second kappa shape index (κ2) is 12.4. The van der Waals surface area contributed by atoms with Gasteiger partial charge in [0.15, 0.2) is 5.75 Å². The molecule has 29 heavy (non-hydrogen) atoms. The molecular weight excluding hydrogens is 384 g/mol. The van der Waals surface area contributed by atoms with Gasteiger partial charge in [0, 0.05) is 31.6 Å². The lowest BCUT2D eigenvalue weighted by molar-refractivity contribution is -0.127. The second-order valence-corrected chi connectivity index (χ2v) is 7.91. The molecule has 0 saturated carbocycles. The van der Waals surface area contributed by atoms with Crippen LogP contribution in [0.25, 0.3) is 0 Å². The van der Waals surface area contributed by atoms with Crippen molar-refractivity contribution in [3.05, 3.63) is 53.6 Å². The molecular formula is C24H33ClN2O2. The molecule has 0 saturated heterocycles. The van der Waals surface area contributed by atoms with E-state index >= 15 is 0 Å². The first-order valence-electron chi connectivity index (χ1n) is 10.5. The third kappa shape index (κ3) is 8.36. The van der Waals surface area contributed by atoms with Crippen LogP contribution in [0.4, 0.5) is 5.69 Å². The summed E-state index contributed by atoms with van der Waals surface area (Å²) in [5, 5.41) is 4.35. The molecule has 1 atom stereocenters. The number of hydrogen-bond acceptors (Lipinski definition) is 3. The Labute approximate surface area is 180 Å². The zero-order chi connectivity index (χ0) is 21.1. The molecule has 1 N–H and O–H groups in total. The van der Waals surface area contributed by atoms with Gasteiger partial charge in [0.25, 0.3) is 0 Å². The van der Waals surface area contributed by atoms with Crippen LogP contribution >= 0.6 is 11.6 Å². The van der Waals surface area contributed by atoms with Gasteiger partial charge in [-0.15, -0.1) is 0 Å². The summed E-state index contributed by atoms with van der Waals surface area (Å²) in [6.45, 7) is 4.57. The predicted octanol–water partition coefficient (Wildman–Crippen LogP) is 6.75. The predicted molar refractivity (Wildman–Crippen MR) is 122 cm³/mol. The molecule has 0 bridgehead atoms. The van der Waals surface area contributed by atoms with Crippen LogP contribution in [0.1, 0.15) is 52.4 Å². The van der Waals surface area contributed by atoms with Crippen LogP contribution in [0.3, 0.4) is 0 Å². The fourth-order valence-electron chi connectivity index (χ4n) is 3.14. The van der Waals surface area contributed by atoms with Crippen molar-refractivity contribution in [2.24, 2.45) is 0 Å². The molecule has 2 rings (SSSR count). The first-order chi connectivity index (χ1) is 14.0. The molecule has 1 unspecified atom stereocenters. The van der Waals surface area contributed by atoms with E-state index in [-0.39, 0.29) is 11.9 Å². The Morgan fingerprint density at radius 3 is 2.48 bits per heavy atom. The SMILES string of the molecule is CCCCCCC(CCN(C)C(C)=O)Nc1ccccc1Oc1ccc(Cl)cc1. The Hall–Kier alpha value is -2.20. The number of carbonyl (C=O) groups is 1. The van der Waals surface area contributed by atoms with Gasteiger partial charge in [0.2, 0.25) is 5.91 Å². The number of rotatable bonds is 12. The molecule has 0 spiro atoms. The minimum Gasteiger partial charge on any atom is -0.455 e. The molecule has 5 heteroatoms. The fraction of sp³-hybridized carbons (Fsp3) is 0.458. The van der Waals surface area contributed by atoms with E-state index in [4.69, 9.17) is 16.3 Å². The number of benzene rings is 2. The van der Waals surface area contributed by atoms with E-state index in [0.717, 1.165) is 36.6 Å². The van der Waals surface area contributed by atoms with Gasteiger partial charge >= 0.3 is 0 Å². The third-order valence-corrected chi connectivity index (χ3v) is 5.30. The van der Waals surface area contributed by atoms with Crippen molar-refractivity contribution in [2.75, 3.05) is 18.9 Å². The lowest BCUT2D eigenvalue weighted by Crippen LogP contribution is -2.30. The quantitative estimate of drug-likeness (QED) is 0.389. The Bertz CT molecular complexity index is 749. The molecule has 0 aliphatic carbocycles. The molecule has 0 heterocycles. The van der Waals surface area contributed by atoms with Crippen molar-refractivity contribution >= 4 is 23.2 Å². The van der Waals surface area contributed by atoms with Crippen molar-refractivity contribution < 1.29 is 9.53 Å². The largest absolute Gasteiger partial charge is 0.455 e. The number of unbranched alkanes of at least 4 members (excludes halogenated alkanes) is 3. The zero-order valence-corrected chi connectivity index (χ0v) is 18.5. The summed E-state index contributed by atoms with van der Waals surface area (Å²) in [5.41, 5.74) is 0.966. The Morgan fingerprint density at radius 2 is 1.79 bits per heavy atom. The van der Waals surface area contributed by atoms with Crippen molar-refractivity contribution in [3.63, 3.8) is 0 Å². The monoisotopic (exact) mass is 416 g/mol. The maximum Gasteiger partial charge on any atom is 0.219 e. The van der Waals surface area contributed by atoms with Gasteiger partial charge in [-0.3, -0.25) is 4.79 Å². The summed E-state index contributed by atoms with van der Waals surface area (Å²) in [4.78, 5) is 13.3. The van der Waals surface area contributed by atoms with Gasteiger partial charge in [-0.05, 0) is 49.2 Å². The number of anilines is 1. The number of nitrogens with zero attached hydrogens (tertiary/aromatic N) is 1. The summed E-state index contributed by atoms with van der Waals surface area (Å²) in [7, 11) is 1.86. The molecule has 158 valence electrons. The number of ether oxygens (including phenoxy) is 1. The van der Waals surface area contributed by atoms with E-state index in [1.54, 1.807) is 11.8 Å². The normalized spacial score (nSPS) is 11.7. The van der Waals surface area contributed by atoms with Crippen molar-refractivity contribution in [3.8, 4) is 11.5 Å². The Balaban J connectivity index is 2.07. The van der Waals surface area contributed by atoms with E-state index in [1.165, 1.54) is 25.7 Å². The summed E-state index contributed by atoms with van der Waals surface area (Å²) in [6.07, 6.45) is 6.87. The number of halogens is 1. The summed E-state index contributed by atoms with van der Waals surface area (Å²) in [6, 6.07) is 15.6. The molecule has 0 radical (unpaired) electrons. The smallest absolute Gasteiger partial charge is 0.219 e.